The lowest BCUT2D eigenvalue weighted by molar-refractivity contribution is 0.100. The van der Waals surface area contributed by atoms with Crippen LogP contribution in [0.4, 0.5) is 11.4 Å². The normalized spacial score (nSPS) is 11.7. The molecule has 2 N–H and O–H groups in total. The Hall–Kier alpha value is -2.36. The number of hydrogen-bond donors (Lipinski definition) is 1. The van der Waals surface area contributed by atoms with Crippen molar-refractivity contribution in [2.75, 3.05) is 30.4 Å². The first-order valence-corrected chi connectivity index (χ1v) is 9.05. The summed E-state index contributed by atoms with van der Waals surface area (Å²) in [6, 6.07) is 8.51. The maximum absolute atomic E-state index is 13.0. The van der Waals surface area contributed by atoms with Crippen molar-refractivity contribution in [3.63, 3.8) is 0 Å². The van der Waals surface area contributed by atoms with Crippen LogP contribution in [0.1, 0.15) is 21.6 Å². The van der Waals surface area contributed by atoms with Crippen molar-refractivity contribution in [2.45, 2.75) is 6.92 Å². The molecule has 1 aromatic heterocycles. The van der Waals surface area contributed by atoms with Gasteiger partial charge < -0.3 is 10.6 Å². The van der Waals surface area contributed by atoms with Gasteiger partial charge in [-0.2, -0.15) is 0 Å². The summed E-state index contributed by atoms with van der Waals surface area (Å²) in [5, 5.41) is 0. The van der Waals surface area contributed by atoms with E-state index in [4.69, 9.17) is 22.1 Å². The Morgan fingerprint density at radius 2 is 1.88 bits per heavy atom. The van der Waals surface area contributed by atoms with E-state index >= 15 is 0 Å². The number of nitrogens with two attached hydrogens (primary N) is 1. The van der Waals surface area contributed by atoms with E-state index in [-0.39, 0.29) is 10.7 Å². The fourth-order valence-electron chi connectivity index (χ4n) is 2.25. The number of anilines is 2. The first kappa shape index (κ1) is 20.0. The second-order valence-electron chi connectivity index (χ2n) is 5.63. The van der Waals surface area contributed by atoms with Gasteiger partial charge >= 0.3 is 0 Å². The van der Waals surface area contributed by atoms with Crippen molar-refractivity contribution in [1.82, 2.24) is 4.98 Å². The second-order valence-corrected chi connectivity index (χ2v) is 7.20. The van der Waals surface area contributed by atoms with Crippen molar-refractivity contribution < 1.29 is 13.2 Å². The molecule has 1 amide bonds. The van der Waals surface area contributed by atoms with Gasteiger partial charge in [-0.1, -0.05) is 12.2 Å². The van der Waals surface area contributed by atoms with E-state index < -0.39 is 17.2 Å². The zero-order valence-electron chi connectivity index (χ0n) is 14.9. The number of rotatable bonds is 6. The first-order chi connectivity index (χ1) is 12.3. The van der Waals surface area contributed by atoms with Gasteiger partial charge in [0.1, 0.15) is 4.99 Å². The van der Waals surface area contributed by atoms with Crippen molar-refractivity contribution in [3.8, 4) is 0 Å². The Balaban J connectivity index is 2.55. The van der Waals surface area contributed by atoms with Crippen LogP contribution in [-0.4, -0.2) is 41.3 Å². The minimum absolute atomic E-state index is 0.0429. The molecule has 0 radical (unpaired) electrons. The molecule has 0 saturated carbocycles. The van der Waals surface area contributed by atoms with E-state index in [9.17, 15) is 9.00 Å². The third-order valence-electron chi connectivity index (χ3n) is 3.61. The van der Waals surface area contributed by atoms with E-state index in [0.29, 0.717) is 16.8 Å². The Morgan fingerprint density at radius 3 is 2.38 bits per heavy atom. The number of hydrogen-bond acceptors (Lipinski definition) is 6. The van der Waals surface area contributed by atoms with Crippen LogP contribution in [0.25, 0.3) is 0 Å². The van der Waals surface area contributed by atoms with E-state index in [1.165, 1.54) is 13.3 Å². The summed E-state index contributed by atoms with van der Waals surface area (Å²) in [7, 11) is 5.05. The maximum atomic E-state index is 13.0. The van der Waals surface area contributed by atoms with Crippen LogP contribution in [0.2, 0.25) is 0 Å². The highest BCUT2D eigenvalue weighted by molar-refractivity contribution is 7.82. The van der Waals surface area contributed by atoms with E-state index in [1.54, 1.807) is 37.3 Å². The van der Waals surface area contributed by atoms with E-state index in [1.807, 2.05) is 19.0 Å². The zero-order valence-corrected chi connectivity index (χ0v) is 16.6. The summed E-state index contributed by atoms with van der Waals surface area (Å²) in [5.41, 5.74) is 8.28. The smallest absolute Gasteiger partial charge is 0.272 e. The topological polar surface area (TPSA) is 88.8 Å². The summed E-state index contributed by atoms with van der Waals surface area (Å²) < 4.78 is 18.4. The van der Waals surface area contributed by atoms with E-state index in [0.717, 1.165) is 9.99 Å². The molecular weight excluding hydrogens is 372 g/mol. The Kier molecular flexibility index (Phi) is 6.41. The maximum Gasteiger partial charge on any atom is 0.272 e. The molecule has 1 aromatic carbocycles. The molecule has 2 rings (SSSR count). The van der Waals surface area contributed by atoms with Crippen LogP contribution in [0.5, 0.6) is 0 Å². The SMILES string of the molecule is COS(=O)N(C(=O)c1ccc(N(C)C)cc1)c1cc(C)ncc1C(N)=S. The molecule has 26 heavy (non-hydrogen) atoms. The van der Waals surface area contributed by atoms with Gasteiger partial charge in [-0.3, -0.25) is 14.0 Å². The molecule has 0 bridgehead atoms. The number of aryl methyl sites for hydroxylation is 1. The quantitative estimate of drug-likeness (QED) is 0.752. The van der Waals surface area contributed by atoms with Crippen molar-refractivity contribution in [1.29, 1.82) is 0 Å². The van der Waals surface area contributed by atoms with Gasteiger partial charge in [0.15, 0.2) is 0 Å². The Morgan fingerprint density at radius 1 is 1.27 bits per heavy atom. The molecule has 9 heteroatoms. The molecular formula is C17H20N4O3S2. The summed E-state index contributed by atoms with van der Waals surface area (Å²) in [6.07, 6.45) is 1.45. The minimum Gasteiger partial charge on any atom is -0.389 e. The highest BCUT2D eigenvalue weighted by Crippen LogP contribution is 2.26. The average Bonchev–Trinajstić information content (AvgIpc) is 2.61. The molecule has 0 aliphatic heterocycles. The number of benzene rings is 1. The van der Waals surface area contributed by atoms with Crippen LogP contribution in [0.3, 0.4) is 0 Å². The van der Waals surface area contributed by atoms with Crippen LogP contribution in [-0.2, 0) is 15.4 Å². The molecule has 138 valence electrons. The van der Waals surface area contributed by atoms with Gasteiger partial charge in [0, 0.05) is 37.2 Å². The fraction of sp³-hybridized carbons (Fsp3) is 0.235. The summed E-state index contributed by atoms with van der Waals surface area (Å²) in [6.45, 7) is 1.75. The van der Waals surface area contributed by atoms with Gasteiger partial charge in [-0.15, -0.1) is 0 Å². The average molecular weight is 393 g/mol. The molecule has 7 nitrogen and oxygen atoms in total. The Bertz CT molecular complexity index is 854. The Labute approximate surface area is 160 Å². The number of amides is 1. The number of thiocarbonyl (C=S) groups is 1. The predicted octanol–water partition coefficient (Wildman–Crippen LogP) is 1.96. The van der Waals surface area contributed by atoms with Crippen molar-refractivity contribution in [3.05, 3.63) is 53.3 Å². The van der Waals surface area contributed by atoms with Gasteiger partial charge in [-0.05, 0) is 37.3 Å². The van der Waals surface area contributed by atoms with Gasteiger partial charge in [0.25, 0.3) is 17.2 Å². The monoisotopic (exact) mass is 392 g/mol. The van der Waals surface area contributed by atoms with Crippen molar-refractivity contribution >= 4 is 45.8 Å². The third kappa shape index (κ3) is 4.24. The minimum atomic E-state index is -2.07. The molecule has 0 aliphatic rings. The van der Waals surface area contributed by atoms with Crippen LogP contribution in [0.15, 0.2) is 36.5 Å². The molecule has 0 spiro atoms. The summed E-state index contributed by atoms with van der Waals surface area (Å²) in [4.78, 5) is 19.1. The molecule has 0 fully saturated rings. The van der Waals surface area contributed by atoms with Gasteiger partial charge in [0.05, 0.1) is 18.4 Å². The third-order valence-corrected chi connectivity index (χ3v) is 4.78. The summed E-state index contributed by atoms with van der Waals surface area (Å²) >= 11 is 2.97. The highest BCUT2D eigenvalue weighted by atomic mass is 32.2. The van der Waals surface area contributed by atoms with Crippen LogP contribution < -0.4 is 14.9 Å². The number of pyridine rings is 1. The number of nitrogens with zero attached hydrogens (tertiary/aromatic N) is 3. The van der Waals surface area contributed by atoms with Crippen LogP contribution in [0, 0.1) is 6.92 Å². The standard InChI is InChI=1S/C17H20N4O3S2/c1-11-9-15(14(10-19-11)16(18)25)21(26(23)24-4)17(22)12-5-7-13(8-6-12)20(2)3/h5-10H,1-4H3,(H2,18,25). The number of carbonyl (C=O) groups is 1. The summed E-state index contributed by atoms with van der Waals surface area (Å²) in [5.74, 6) is -0.501. The molecule has 1 unspecified atom stereocenters. The fourth-order valence-corrected chi connectivity index (χ4v) is 3.11. The lowest BCUT2D eigenvalue weighted by Gasteiger charge is -2.22. The second kappa shape index (κ2) is 8.35. The highest BCUT2D eigenvalue weighted by Gasteiger charge is 2.27. The number of aromatic nitrogens is 1. The predicted molar refractivity (Wildman–Crippen MR) is 108 cm³/mol. The molecule has 2 aromatic rings. The molecule has 1 atom stereocenters. The molecule has 0 aliphatic carbocycles. The molecule has 0 saturated heterocycles. The number of carbonyl (C=O) groups excluding carboxylic acids is 1. The zero-order chi connectivity index (χ0) is 19.4. The lowest BCUT2D eigenvalue weighted by atomic mass is 10.1. The van der Waals surface area contributed by atoms with Gasteiger partial charge in [0.2, 0.25) is 0 Å². The molecule has 1 heterocycles. The largest absolute Gasteiger partial charge is 0.389 e. The van der Waals surface area contributed by atoms with Crippen molar-refractivity contribution in [2.24, 2.45) is 5.73 Å². The van der Waals surface area contributed by atoms with E-state index in [2.05, 4.69) is 4.98 Å². The lowest BCUT2D eigenvalue weighted by Crippen LogP contribution is -2.35. The first-order valence-electron chi connectivity index (χ1n) is 7.61. The van der Waals surface area contributed by atoms with Crippen LogP contribution >= 0.6 is 12.2 Å². The van der Waals surface area contributed by atoms with Gasteiger partial charge in [-0.25, -0.2) is 8.51 Å².